The number of imide groups is 1. The number of amides is 3. The van der Waals surface area contributed by atoms with Gasteiger partial charge in [0.05, 0.1) is 16.9 Å². The first kappa shape index (κ1) is 21.3. The van der Waals surface area contributed by atoms with Gasteiger partial charge in [0, 0.05) is 5.39 Å². The number of nitrogens with one attached hydrogen (secondary N) is 1. The van der Waals surface area contributed by atoms with Gasteiger partial charge < -0.3 is 10.5 Å². The zero-order chi connectivity index (χ0) is 22.2. The van der Waals surface area contributed by atoms with Crippen LogP contribution in [-0.4, -0.2) is 33.8 Å². The molecule has 2 heterocycles. The van der Waals surface area contributed by atoms with Crippen LogP contribution in [0.15, 0.2) is 30.3 Å². The lowest BCUT2D eigenvalue weighted by Gasteiger charge is -2.11. The van der Waals surface area contributed by atoms with Crippen molar-refractivity contribution in [3.63, 3.8) is 0 Å². The van der Waals surface area contributed by atoms with Crippen molar-refractivity contribution in [1.29, 1.82) is 0 Å². The topological polar surface area (TPSA) is 116 Å². The summed E-state index contributed by atoms with van der Waals surface area (Å²) in [6.45, 7) is 2.91. The fraction of sp³-hybridized carbons (Fsp3) is 0.222. The summed E-state index contributed by atoms with van der Waals surface area (Å²) in [7, 11) is 0. The molecule has 0 bridgehead atoms. The van der Waals surface area contributed by atoms with Crippen molar-refractivity contribution in [2.45, 2.75) is 26.1 Å². The van der Waals surface area contributed by atoms with Crippen molar-refractivity contribution in [3.8, 4) is 5.69 Å². The Morgan fingerprint density at radius 1 is 1.27 bits per heavy atom. The van der Waals surface area contributed by atoms with E-state index in [2.05, 4.69) is 5.10 Å². The Bertz CT molecular complexity index is 1150. The van der Waals surface area contributed by atoms with Crippen LogP contribution in [-0.2, 0) is 15.7 Å². The number of fused-ring (bicyclic) bond motifs is 1. The third-order valence-corrected chi connectivity index (χ3v) is 5.15. The predicted octanol–water partition coefficient (Wildman–Crippen LogP) is 3.15. The van der Waals surface area contributed by atoms with E-state index in [4.69, 9.17) is 10.5 Å². The van der Waals surface area contributed by atoms with Crippen molar-refractivity contribution in [2.24, 2.45) is 5.73 Å². The Hall–Kier alpha value is -3.41. The molecule has 3 amide bonds. The summed E-state index contributed by atoms with van der Waals surface area (Å²) >= 11 is 0.950. The quantitative estimate of drug-likeness (QED) is 0.605. The zero-order valence-corrected chi connectivity index (χ0v) is 16.4. The number of rotatable bonds is 4. The lowest BCUT2D eigenvalue weighted by atomic mass is 10.2. The molecule has 158 valence electrons. The minimum absolute atomic E-state index is 0.116. The van der Waals surface area contributed by atoms with Gasteiger partial charge in [-0.25, -0.2) is 14.3 Å². The maximum Gasteiger partial charge on any atom is 0.416 e. The number of esters is 1. The molecule has 2 aromatic heterocycles. The van der Waals surface area contributed by atoms with E-state index in [1.807, 2.05) is 0 Å². The van der Waals surface area contributed by atoms with Crippen LogP contribution in [0.2, 0.25) is 0 Å². The third kappa shape index (κ3) is 4.27. The van der Waals surface area contributed by atoms with E-state index in [0.717, 1.165) is 23.5 Å². The van der Waals surface area contributed by atoms with Gasteiger partial charge >= 0.3 is 18.2 Å². The number of aryl methyl sites for hydroxylation is 1. The van der Waals surface area contributed by atoms with E-state index in [0.29, 0.717) is 15.9 Å². The minimum atomic E-state index is -4.51. The van der Waals surface area contributed by atoms with Crippen molar-refractivity contribution < 1.29 is 32.3 Å². The van der Waals surface area contributed by atoms with E-state index < -0.39 is 35.8 Å². The van der Waals surface area contributed by atoms with Crippen molar-refractivity contribution in [3.05, 3.63) is 46.5 Å². The standard InChI is InChI=1S/C18H15F3N4O4S/c1-8-12-7-13(16(27)29-9(2)14(26)23-17(22)28)30-15(12)25(24-8)11-5-3-4-10(6-11)18(19,20)21/h3-7,9H,1-2H3,(H3,22,23,26,28). The van der Waals surface area contributed by atoms with Crippen LogP contribution in [0.5, 0.6) is 0 Å². The number of hydrogen-bond donors (Lipinski definition) is 2. The first-order valence-corrected chi connectivity index (χ1v) is 9.27. The molecular weight excluding hydrogens is 425 g/mol. The second-order valence-electron chi connectivity index (χ2n) is 6.28. The van der Waals surface area contributed by atoms with E-state index >= 15 is 0 Å². The summed E-state index contributed by atoms with van der Waals surface area (Å²) in [5, 5.41) is 6.61. The minimum Gasteiger partial charge on any atom is -0.448 e. The SMILES string of the molecule is Cc1nn(-c2cccc(C(F)(F)F)c2)c2sc(C(=O)OC(C)C(=O)NC(N)=O)cc12. The second-order valence-corrected chi connectivity index (χ2v) is 7.31. The number of benzene rings is 1. The van der Waals surface area contributed by atoms with Crippen LogP contribution in [0.4, 0.5) is 18.0 Å². The molecule has 1 aromatic carbocycles. The number of alkyl halides is 3. The number of primary amides is 1. The van der Waals surface area contributed by atoms with Crippen molar-refractivity contribution >= 4 is 39.5 Å². The highest BCUT2D eigenvalue weighted by Gasteiger charge is 2.31. The Labute approximate surface area is 171 Å². The van der Waals surface area contributed by atoms with E-state index in [-0.39, 0.29) is 10.6 Å². The van der Waals surface area contributed by atoms with Gasteiger partial charge in [-0.15, -0.1) is 11.3 Å². The Morgan fingerprint density at radius 3 is 2.60 bits per heavy atom. The maximum absolute atomic E-state index is 13.0. The number of halogens is 3. The van der Waals surface area contributed by atoms with Crippen molar-refractivity contribution in [1.82, 2.24) is 15.1 Å². The molecule has 3 rings (SSSR count). The number of ether oxygens (including phenoxy) is 1. The molecule has 30 heavy (non-hydrogen) atoms. The summed E-state index contributed by atoms with van der Waals surface area (Å²) in [4.78, 5) is 35.3. The second kappa shape index (κ2) is 7.78. The fourth-order valence-corrected chi connectivity index (χ4v) is 3.70. The Morgan fingerprint density at radius 2 is 1.97 bits per heavy atom. The average molecular weight is 440 g/mol. The molecule has 1 unspecified atom stereocenters. The molecule has 0 saturated heterocycles. The summed E-state index contributed by atoms with van der Waals surface area (Å²) in [5.74, 6) is -1.72. The van der Waals surface area contributed by atoms with Crippen LogP contribution in [0, 0.1) is 6.92 Å². The molecule has 0 radical (unpaired) electrons. The Balaban J connectivity index is 1.92. The van der Waals surface area contributed by atoms with Gasteiger partial charge in [0.1, 0.15) is 9.71 Å². The monoisotopic (exact) mass is 440 g/mol. The third-order valence-electron chi connectivity index (χ3n) is 4.06. The van der Waals surface area contributed by atoms with Gasteiger partial charge in [-0.2, -0.15) is 18.3 Å². The highest BCUT2D eigenvalue weighted by Crippen LogP contribution is 2.34. The molecule has 3 aromatic rings. The first-order valence-electron chi connectivity index (χ1n) is 8.45. The molecule has 12 heteroatoms. The Kier molecular flexibility index (Phi) is 5.53. The summed E-state index contributed by atoms with van der Waals surface area (Å²) in [6, 6.07) is 5.04. The number of carbonyl (C=O) groups excluding carboxylic acids is 3. The summed E-state index contributed by atoms with van der Waals surface area (Å²) < 4.78 is 45.4. The van der Waals surface area contributed by atoms with Crippen LogP contribution in [0.3, 0.4) is 0 Å². The average Bonchev–Trinajstić information content (AvgIpc) is 3.21. The van der Waals surface area contributed by atoms with Gasteiger partial charge in [-0.05, 0) is 38.1 Å². The number of aromatic nitrogens is 2. The van der Waals surface area contributed by atoms with E-state index in [1.165, 1.54) is 29.8 Å². The highest BCUT2D eigenvalue weighted by atomic mass is 32.1. The lowest BCUT2D eigenvalue weighted by molar-refractivity contribution is -0.137. The molecular formula is C18H15F3N4O4S. The van der Waals surface area contributed by atoms with Gasteiger partial charge in [-0.3, -0.25) is 10.1 Å². The molecule has 8 nitrogen and oxygen atoms in total. The number of urea groups is 1. The molecule has 0 saturated carbocycles. The highest BCUT2D eigenvalue weighted by molar-refractivity contribution is 7.20. The number of thiophene rings is 1. The van der Waals surface area contributed by atoms with Gasteiger partial charge in [0.15, 0.2) is 6.10 Å². The van der Waals surface area contributed by atoms with E-state index in [1.54, 1.807) is 12.2 Å². The van der Waals surface area contributed by atoms with Gasteiger partial charge in [0.2, 0.25) is 0 Å². The zero-order valence-electron chi connectivity index (χ0n) is 15.6. The van der Waals surface area contributed by atoms with Gasteiger partial charge in [0.25, 0.3) is 5.91 Å². The van der Waals surface area contributed by atoms with Crippen LogP contribution in [0.25, 0.3) is 15.9 Å². The molecule has 0 aliphatic rings. The normalized spacial score (nSPS) is 12.6. The predicted molar refractivity (Wildman–Crippen MR) is 101 cm³/mol. The largest absolute Gasteiger partial charge is 0.448 e. The van der Waals surface area contributed by atoms with Crippen LogP contribution < -0.4 is 11.1 Å². The molecule has 0 aliphatic heterocycles. The lowest BCUT2D eigenvalue weighted by Crippen LogP contribution is -2.42. The summed E-state index contributed by atoms with van der Waals surface area (Å²) in [5.41, 5.74) is 4.70. The maximum atomic E-state index is 13.0. The number of carbonyl (C=O) groups is 3. The molecule has 3 N–H and O–H groups in total. The van der Waals surface area contributed by atoms with Crippen LogP contribution >= 0.6 is 11.3 Å². The molecule has 1 atom stereocenters. The molecule has 0 spiro atoms. The first-order chi connectivity index (χ1) is 14.0. The molecule has 0 aliphatic carbocycles. The number of nitrogens with zero attached hydrogens (tertiary/aromatic N) is 2. The number of hydrogen-bond acceptors (Lipinski definition) is 6. The van der Waals surface area contributed by atoms with E-state index in [9.17, 15) is 27.6 Å². The van der Waals surface area contributed by atoms with Gasteiger partial charge in [-0.1, -0.05) is 6.07 Å². The fourth-order valence-electron chi connectivity index (χ4n) is 2.63. The molecule has 0 fully saturated rings. The number of nitrogens with two attached hydrogens (primary N) is 1. The smallest absolute Gasteiger partial charge is 0.416 e. The summed E-state index contributed by atoms with van der Waals surface area (Å²) in [6.07, 6.45) is -5.79. The van der Waals surface area contributed by atoms with Crippen LogP contribution in [0.1, 0.15) is 27.9 Å². The van der Waals surface area contributed by atoms with Crippen molar-refractivity contribution in [2.75, 3.05) is 0 Å².